The quantitative estimate of drug-likeness (QED) is 0.618. The van der Waals surface area contributed by atoms with E-state index in [1.165, 1.54) is 22.9 Å². The molecule has 1 N–H and O–H groups in total. The van der Waals surface area contributed by atoms with Gasteiger partial charge in [0.05, 0.1) is 24.1 Å². The second kappa shape index (κ2) is 8.01. The highest BCUT2D eigenvalue weighted by Gasteiger charge is 2.12. The average Bonchev–Trinajstić information content (AvgIpc) is 2.64. The highest BCUT2D eigenvalue weighted by Crippen LogP contribution is 2.29. The number of pyridine rings is 1. The Morgan fingerprint density at radius 1 is 1.07 bits per heavy atom. The average molecular weight is 381 g/mol. The van der Waals surface area contributed by atoms with Gasteiger partial charge in [0.2, 0.25) is 5.91 Å². The maximum atomic E-state index is 12.4. The number of thioether (sulfide) groups is 1. The smallest absolute Gasteiger partial charge is 0.234 e. The van der Waals surface area contributed by atoms with Gasteiger partial charge in [0.1, 0.15) is 10.8 Å². The molecule has 2 aromatic carbocycles. The van der Waals surface area contributed by atoms with Crippen molar-refractivity contribution in [2.24, 2.45) is 0 Å². The van der Waals surface area contributed by atoms with Crippen molar-refractivity contribution >= 4 is 34.3 Å². The molecule has 0 fully saturated rings. The number of amides is 1. The topological polar surface area (TPSA) is 51.2 Å². The lowest BCUT2D eigenvalue weighted by Gasteiger charge is -2.12. The molecule has 0 aliphatic carbocycles. The Kier molecular flexibility index (Phi) is 5.71. The minimum Gasteiger partial charge on any atom is -0.495 e. The molecule has 0 unspecified atom stereocenters. The molecule has 3 aromatic rings. The van der Waals surface area contributed by atoms with Gasteiger partial charge in [-0.05, 0) is 68.1 Å². The second-order valence-electron chi connectivity index (χ2n) is 6.73. The number of rotatable bonds is 5. The molecule has 140 valence electrons. The number of ether oxygens (including phenoxy) is 1. The number of nitrogens with one attached hydrogen (secondary N) is 1. The molecule has 0 aliphatic heterocycles. The van der Waals surface area contributed by atoms with Crippen LogP contribution in [0.15, 0.2) is 41.4 Å². The number of aryl methyl sites for hydroxylation is 4. The maximum Gasteiger partial charge on any atom is 0.234 e. The lowest BCUT2D eigenvalue weighted by molar-refractivity contribution is -0.113. The fourth-order valence-corrected chi connectivity index (χ4v) is 3.74. The van der Waals surface area contributed by atoms with E-state index in [-0.39, 0.29) is 5.91 Å². The molecular weight excluding hydrogens is 356 g/mol. The first-order valence-electron chi connectivity index (χ1n) is 8.84. The number of anilines is 1. The van der Waals surface area contributed by atoms with Crippen LogP contribution in [0.5, 0.6) is 5.75 Å². The van der Waals surface area contributed by atoms with Crippen LogP contribution >= 0.6 is 11.8 Å². The largest absolute Gasteiger partial charge is 0.495 e. The zero-order chi connectivity index (χ0) is 19.6. The summed E-state index contributed by atoms with van der Waals surface area (Å²) in [7, 11) is 1.60. The van der Waals surface area contributed by atoms with Crippen molar-refractivity contribution in [2.75, 3.05) is 18.2 Å². The molecule has 0 spiro atoms. The molecule has 27 heavy (non-hydrogen) atoms. The minimum atomic E-state index is -0.0776. The van der Waals surface area contributed by atoms with Crippen molar-refractivity contribution < 1.29 is 9.53 Å². The summed E-state index contributed by atoms with van der Waals surface area (Å²) in [5, 5.41) is 4.96. The van der Waals surface area contributed by atoms with E-state index in [9.17, 15) is 4.79 Å². The number of methoxy groups -OCH3 is 1. The van der Waals surface area contributed by atoms with Gasteiger partial charge in [-0.3, -0.25) is 4.79 Å². The van der Waals surface area contributed by atoms with Gasteiger partial charge in [0, 0.05) is 5.39 Å². The summed E-state index contributed by atoms with van der Waals surface area (Å²) >= 11 is 1.46. The Labute approximate surface area is 164 Å². The monoisotopic (exact) mass is 380 g/mol. The van der Waals surface area contributed by atoms with E-state index in [4.69, 9.17) is 9.72 Å². The van der Waals surface area contributed by atoms with Gasteiger partial charge in [0.25, 0.3) is 0 Å². The Morgan fingerprint density at radius 3 is 2.59 bits per heavy atom. The third-order valence-corrected chi connectivity index (χ3v) is 5.72. The van der Waals surface area contributed by atoms with Gasteiger partial charge in [-0.25, -0.2) is 4.98 Å². The predicted molar refractivity (Wildman–Crippen MR) is 113 cm³/mol. The van der Waals surface area contributed by atoms with Crippen LogP contribution in [0.25, 0.3) is 10.9 Å². The second-order valence-corrected chi connectivity index (χ2v) is 7.69. The van der Waals surface area contributed by atoms with Gasteiger partial charge in [-0.1, -0.05) is 30.0 Å². The summed E-state index contributed by atoms with van der Waals surface area (Å²) in [5.41, 5.74) is 6.25. The highest BCUT2D eigenvalue weighted by molar-refractivity contribution is 8.00. The summed E-state index contributed by atoms with van der Waals surface area (Å²) in [6.45, 7) is 8.19. The molecule has 1 heterocycles. The first-order valence-corrected chi connectivity index (χ1v) is 9.82. The molecule has 0 radical (unpaired) electrons. The van der Waals surface area contributed by atoms with Crippen LogP contribution in [0, 0.1) is 27.7 Å². The molecular formula is C22H24N2O2S. The molecule has 1 amide bonds. The lowest BCUT2D eigenvalue weighted by Crippen LogP contribution is -2.15. The first kappa shape index (κ1) is 19.2. The number of hydrogen-bond donors (Lipinski definition) is 1. The van der Waals surface area contributed by atoms with Crippen molar-refractivity contribution in [3.63, 3.8) is 0 Å². The van der Waals surface area contributed by atoms with Gasteiger partial charge in [0.15, 0.2) is 0 Å². The number of aromatic nitrogens is 1. The number of hydrogen-bond acceptors (Lipinski definition) is 4. The molecule has 0 atom stereocenters. The Bertz CT molecular complexity index is 1010. The van der Waals surface area contributed by atoms with E-state index in [0.717, 1.165) is 27.1 Å². The summed E-state index contributed by atoms with van der Waals surface area (Å²) < 4.78 is 5.32. The Hall–Kier alpha value is -2.53. The summed E-state index contributed by atoms with van der Waals surface area (Å²) in [6, 6.07) is 12.1. The molecule has 5 heteroatoms. The third-order valence-electron chi connectivity index (χ3n) is 4.62. The fraction of sp³-hybridized carbons (Fsp3) is 0.273. The van der Waals surface area contributed by atoms with Crippen LogP contribution < -0.4 is 10.1 Å². The molecule has 0 bridgehead atoms. The predicted octanol–water partition coefficient (Wildman–Crippen LogP) is 5.21. The number of benzene rings is 2. The number of carbonyl (C=O) groups excluding carboxylic acids is 1. The molecule has 1 aromatic heterocycles. The zero-order valence-electron chi connectivity index (χ0n) is 16.3. The summed E-state index contributed by atoms with van der Waals surface area (Å²) in [4.78, 5) is 17.3. The van der Waals surface area contributed by atoms with Crippen molar-refractivity contribution in [3.8, 4) is 5.75 Å². The first-order chi connectivity index (χ1) is 12.9. The highest BCUT2D eigenvalue weighted by atomic mass is 32.2. The SMILES string of the molecule is COc1ccc(C)cc1NC(=O)CSc1nc2c(C)c(C)ccc2cc1C. The van der Waals surface area contributed by atoms with Crippen molar-refractivity contribution in [2.45, 2.75) is 32.7 Å². The standard InChI is InChI=1S/C22H24N2O2S/c1-13-6-9-19(26-5)18(10-13)23-20(25)12-27-22-15(3)11-17-8-7-14(2)16(4)21(17)24-22/h6-11H,12H2,1-5H3,(H,23,25). The van der Waals surface area contributed by atoms with E-state index in [1.807, 2.05) is 32.0 Å². The fourth-order valence-electron chi connectivity index (χ4n) is 2.96. The molecule has 3 rings (SSSR count). The van der Waals surface area contributed by atoms with Gasteiger partial charge < -0.3 is 10.1 Å². The zero-order valence-corrected chi connectivity index (χ0v) is 17.2. The van der Waals surface area contributed by atoms with Crippen LogP contribution in [-0.4, -0.2) is 23.8 Å². The van der Waals surface area contributed by atoms with E-state index in [1.54, 1.807) is 7.11 Å². The van der Waals surface area contributed by atoms with Gasteiger partial charge in [-0.15, -0.1) is 0 Å². The molecule has 0 aliphatic rings. The Morgan fingerprint density at radius 2 is 1.85 bits per heavy atom. The van der Waals surface area contributed by atoms with Gasteiger partial charge >= 0.3 is 0 Å². The lowest BCUT2D eigenvalue weighted by atomic mass is 10.0. The summed E-state index contributed by atoms with van der Waals surface area (Å²) in [6.07, 6.45) is 0. The van der Waals surface area contributed by atoms with Gasteiger partial charge in [-0.2, -0.15) is 0 Å². The minimum absolute atomic E-state index is 0.0776. The van der Waals surface area contributed by atoms with E-state index < -0.39 is 0 Å². The normalized spacial score (nSPS) is 10.9. The van der Waals surface area contributed by atoms with Crippen molar-refractivity contribution in [1.29, 1.82) is 0 Å². The molecule has 4 nitrogen and oxygen atoms in total. The van der Waals surface area contributed by atoms with E-state index in [2.05, 4.69) is 37.4 Å². The van der Waals surface area contributed by atoms with E-state index >= 15 is 0 Å². The summed E-state index contributed by atoms with van der Waals surface area (Å²) in [5.74, 6) is 0.873. The number of nitrogens with zero attached hydrogens (tertiary/aromatic N) is 1. The van der Waals surface area contributed by atoms with Crippen LogP contribution in [-0.2, 0) is 4.79 Å². The molecule has 0 saturated carbocycles. The van der Waals surface area contributed by atoms with Crippen LogP contribution in [0.1, 0.15) is 22.3 Å². The van der Waals surface area contributed by atoms with Crippen molar-refractivity contribution in [3.05, 3.63) is 58.7 Å². The third kappa shape index (κ3) is 4.25. The van der Waals surface area contributed by atoms with Crippen LogP contribution in [0.4, 0.5) is 5.69 Å². The van der Waals surface area contributed by atoms with E-state index in [0.29, 0.717) is 17.2 Å². The van der Waals surface area contributed by atoms with Crippen molar-refractivity contribution in [1.82, 2.24) is 4.98 Å². The number of fused-ring (bicyclic) bond motifs is 1. The van der Waals surface area contributed by atoms with Crippen LogP contribution in [0.3, 0.4) is 0 Å². The van der Waals surface area contributed by atoms with Crippen LogP contribution in [0.2, 0.25) is 0 Å². The maximum absolute atomic E-state index is 12.4. The molecule has 0 saturated heterocycles. The number of carbonyl (C=O) groups is 1. The Balaban J connectivity index is 1.76.